The summed E-state index contributed by atoms with van der Waals surface area (Å²) in [6.45, 7) is 0. The number of methoxy groups -OCH3 is 2. The van der Waals surface area contributed by atoms with Gasteiger partial charge in [0.2, 0.25) is 0 Å². The number of aryl methyl sites for hydroxylation is 2. The molecule has 0 unspecified atom stereocenters. The summed E-state index contributed by atoms with van der Waals surface area (Å²) in [7, 11) is -0.927. The standard InChI is InChI=1S/C21H22N2O4S/c1-26-19-11-12-20(27-2)21(15-19)28(24,25)23-18-8-5-6-16(14-18)9-10-17-7-3-4-13-22-17/h3-8,11-15,23H,9-10H2,1-2H3. The number of pyridine rings is 1. The van der Waals surface area contributed by atoms with Crippen LogP contribution in [-0.4, -0.2) is 27.6 Å². The summed E-state index contributed by atoms with van der Waals surface area (Å²) in [5.41, 5.74) is 2.50. The van der Waals surface area contributed by atoms with Gasteiger partial charge < -0.3 is 9.47 Å². The summed E-state index contributed by atoms with van der Waals surface area (Å²) in [6, 6.07) is 17.8. The van der Waals surface area contributed by atoms with Gasteiger partial charge in [0, 0.05) is 23.6 Å². The molecule has 0 bridgehead atoms. The van der Waals surface area contributed by atoms with E-state index < -0.39 is 10.0 Å². The van der Waals surface area contributed by atoms with E-state index in [0.717, 1.165) is 24.1 Å². The minimum Gasteiger partial charge on any atom is -0.497 e. The first-order valence-electron chi connectivity index (χ1n) is 8.75. The van der Waals surface area contributed by atoms with Crippen molar-refractivity contribution in [1.82, 2.24) is 4.98 Å². The molecule has 0 saturated carbocycles. The van der Waals surface area contributed by atoms with E-state index >= 15 is 0 Å². The van der Waals surface area contributed by atoms with Crippen molar-refractivity contribution in [2.24, 2.45) is 0 Å². The van der Waals surface area contributed by atoms with Crippen LogP contribution in [0.25, 0.3) is 0 Å². The predicted octanol–water partition coefficient (Wildman–Crippen LogP) is 3.68. The smallest absolute Gasteiger partial charge is 0.265 e. The quantitative estimate of drug-likeness (QED) is 0.626. The van der Waals surface area contributed by atoms with Gasteiger partial charge in [0.1, 0.15) is 16.4 Å². The number of rotatable bonds is 8. The molecular formula is C21H22N2O4S. The van der Waals surface area contributed by atoms with Gasteiger partial charge in [-0.1, -0.05) is 18.2 Å². The maximum Gasteiger partial charge on any atom is 0.265 e. The van der Waals surface area contributed by atoms with Gasteiger partial charge in [-0.15, -0.1) is 0 Å². The Morgan fingerprint density at radius 3 is 2.50 bits per heavy atom. The Labute approximate surface area is 165 Å². The molecule has 3 aromatic rings. The summed E-state index contributed by atoms with van der Waals surface area (Å²) >= 11 is 0. The Balaban J connectivity index is 1.79. The van der Waals surface area contributed by atoms with E-state index in [1.807, 2.05) is 36.4 Å². The third-order valence-corrected chi connectivity index (χ3v) is 5.64. The van der Waals surface area contributed by atoms with Crippen LogP contribution < -0.4 is 14.2 Å². The number of hydrogen-bond donors (Lipinski definition) is 1. The average molecular weight is 398 g/mol. The first-order valence-corrected chi connectivity index (χ1v) is 10.2. The number of hydrogen-bond acceptors (Lipinski definition) is 5. The highest BCUT2D eigenvalue weighted by molar-refractivity contribution is 7.92. The van der Waals surface area contributed by atoms with Crippen molar-refractivity contribution >= 4 is 15.7 Å². The van der Waals surface area contributed by atoms with Crippen molar-refractivity contribution < 1.29 is 17.9 Å². The summed E-state index contributed by atoms with van der Waals surface area (Å²) in [5.74, 6) is 0.685. The number of benzene rings is 2. The molecule has 0 aliphatic heterocycles. The monoisotopic (exact) mass is 398 g/mol. The highest BCUT2D eigenvalue weighted by Crippen LogP contribution is 2.29. The van der Waals surface area contributed by atoms with Gasteiger partial charge in [-0.3, -0.25) is 9.71 Å². The Morgan fingerprint density at radius 2 is 1.79 bits per heavy atom. The van der Waals surface area contributed by atoms with E-state index in [1.165, 1.54) is 20.3 Å². The van der Waals surface area contributed by atoms with Crippen molar-refractivity contribution in [1.29, 1.82) is 0 Å². The van der Waals surface area contributed by atoms with Crippen molar-refractivity contribution in [3.8, 4) is 11.5 Å². The van der Waals surface area contributed by atoms with Crippen molar-refractivity contribution in [2.45, 2.75) is 17.7 Å². The predicted molar refractivity (Wildman–Crippen MR) is 108 cm³/mol. The molecule has 0 aliphatic rings. The maximum atomic E-state index is 12.9. The molecular weight excluding hydrogens is 376 g/mol. The molecule has 1 aromatic heterocycles. The zero-order chi connectivity index (χ0) is 20.0. The Bertz CT molecular complexity index is 1040. The second kappa shape index (κ2) is 8.75. The lowest BCUT2D eigenvalue weighted by Gasteiger charge is -2.13. The zero-order valence-corrected chi connectivity index (χ0v) is 16.6. The van der Waals surface area contributed by atoms with Crippen molar-refractivity contribution in [2.75, 3.05) is 18.9 Å². The molecule has 0 aliphatic carbocycles. The number of anilines is 1. The van der Waals surface area contributed by atoms with Crippen molar-refractivity contribution in [3.05, 3.63) is 78.1 Å². The lowest BCUT2D eigenvalue weighted by molar-refractivity contribution is 0.392. The molecule has 0 fully saturated rings. The highest BCUT2D eigenvalue weighted by Gasteiger charge is 2.21. The molecule has 6 nitrogen and oxygen atoms in total. The number of ether oxygens (including phenoxy) is 2. The molecule has 0 saturated heterocycles. The van der Waals surface area contributed by atoms with Crippen molar-refractivity contribution in [3.63, 3.8) is 0 Å². The molecule has 0 radical (unpaired) electrons. The van der Waals surface area contributed by atoms with Crippen LogP contribution in [0.15, 0.2) is 71.8 Å². The van der Waals surface area contributed by atoms with E-state index in [4.69, 9.17) is 9.47 Å². The van der Waals surface area contributed by atoms with Gasteiger partial charge in [0.15, 0.2) is 0 Å². The molecule has 1 N–H and O–H groups in total. The average Bonchev–Trinajstić information content (AvgIpc) is 2.72. The van der Waals surface area contributed by atoms with Crippen LogP contribution in [0.2, 0.25) is 0 Å². The number of nitrogens with zero attached hydrogens (tertiary/aromatic N) is 1. The van der Waals surface area contributed by atoms with Crippen LogP contribution in [0, 0.1) is 0 Å². The number of nitrogens with one attached hydrogen (secondary N) is 1. The highest BCUT2D eigenvalue weighted by atomic mass is 32.2. The molecule has 146 valence electrons. The molecule has 7 heteroatoms. The third-order valence-electron chi connectivity index (χ3n) is 4.24. The van der Waals surface area contributed by atoms with Crippen LogP contribution in [0.3, 0.4) is 0 Å². The largest absolute Gasteiger partial charge is 0.497 e. The summed E-state index contributed by atoms with van der Waals surface area (Å²) in [5, 5.41) is 0. The fraction of sp³-hybridized carbons (Fsp3) is 0.190. The first kappa shape index (κ1) is 19.7. The minimum atomic E-state index is -3.84. The van der Waals surface area contributed by atoms with E-state index in [1.54, 1.807) is 24.4 Å². The topological polar surface area (TPSA) is 77.5 Å². The summed E-state index contributed by atoms with van der Waals surface area (Å²) < 4.78 is 38.7. The molecule has 1 heterocycles. The van der Waals surface area contributed by atoms with Crippen LogP contribution in [0.1, 0.15) is 11.3 Å². The lowest BCUT2D eigenvalue weighted by Crippen LogP contribution is -2.14. The van der Waals surface area contributed by atoms with E-state index in [0.29, 0.717) is 11.4 Å². The third kappa shape index (κ3) is 4.80. The second-order valence-corrected chi connectivity index (χ2v) is 7.79. The van der Waals surface area contributed by atoms with Crippen LogP contribution in [0.5, 0.6) is 11.5 Å². The Morgan fingerprint density at radius 1 is 0.929 bits per heavy atom. The minimum absolute atomic E-state index is 0.0215. The van der Waals surface area contributed by atoms with Gasteiger partial charge in [-0.05, 0) is 54.8 Å². The maximum absolute atomic E-state index is 12.9. The Hall–Kier alpha value is -3.06. The first-order chi connectivity index (χ1) is 13.5. The molecule has 0 atom stereocenters. The normalized spacial score (nSPS) is 11.1. The Kier molecular flexibility index (Phi) is 6.16. The molecule has 0 spiro atoms. The zero-order valence-electron chi connectivity index (χ0n) is 15.8. The van der Waals surface area contributed by atoms with E-state index in [-0.39, 0.29) is 10.6 Å². The van der Waals surface area contributed by atoms with Crippen LogP contribution in [0.4, 0.5) is 5.69 Å². The van der Waals surface area contributed by atoms with E-state index in [9.17, 15) is 8.42 Å². The number of sulfonamides is 1. The van der Waals surface area contributed by atoms with Crippen LogP contribution in [-0.2, 0) is 22.9 Å². The number of aromatic nitrogens is 1. The van der Waals surface area contributed by atoms with E-state index in [2.05, 4.69) is 9.71 Å². The van der Waals surface area contributed by atoms with Gasteiger partial charge in [0.25, 0.3) is 10.0 Å². The van der Waals surface area contributed by atoms with Gasteiger partial charge in [0.05, 0.1) is 14.2 Å². The van der Waals surface area contributed by atoms with Gasteiger partial charge in [-0.25, -0.2) is 8.42 Å². The van der Waals surface area contributed by atoms with Gasteiger partial charge >= 0.3 is 0 Å². The van der Waals surface area contributed by atoms with Gasteiger partial charge in [-0.2, -0.15) is 0 Å². The van der Waals surface area contributed by atoms with Crippen LogP contribution >= 0.6 is 0 Å². The molecule has 28 heavy (non-hydrogen) atoms. The fourth-order valence-corrected chi connectivity index (χ4v) is 4.05. The second-order valence-electron chi connectivity index (χ2n) is 6.14. The lowest BCUT2D eigenvalue weighted by atomic mass is 10.1. The molecule has 3 rings (SSSR count). The molecule has 0 amide bonds. The SMILES string of the molecule is COc1ccc(OC)c(S(=O)(=O)Nc2cccc(CCc3ccccn3)c2)c1. The fourth-order valence-electron chi connectivity index (χ4n) is 2.81. The summed E-state index contributed by atoms with van der Waals surface area (Å²) in [4.78, 5) is 4.33. The molecule has 2 aromatic carbocycles. The summed E-state index contributed by atoms with van der Waals surface area (Å²) in [6.07, 6.45) is 3.30.